The zero-order valence-electron chi connectivity index (χ0n) is 10.2. The largest absolute Gasteiger partial charge is 0.383 e. The van der Waals surface area contributed by atoms with Crippen molar-refractivity contribution >= 4 is 23.6 Å². The molecule has 4 amide bonds. The number of nitrogens with zero attached hydrogens (tertiary/aromatic N) is 1. The summed E-state index contributed by atoms with van der Waals surface area (Å²) in [7, 11) is 0. The van der Waals surface area contributed by atoms with E-state index in [4.69, 9.17) is 0 Å². The second-order valence-electron chi connectivity index (χ2n) is 4.65. The molecular weight excluding hydrogens is 264 g/mol. The van der Waals surface area contributed by atoms with Gasteiger partial charge in [-0.3, -0.25) is 29.4 Å². The van der Waals surface area contributed by atoms with E-state index in [1.165, 1.54) is 12.1 Å². The number of carbonyl (C=O) groups excluding carboxylic acids is 4. The normalized spacial score (nSPS) is 25.8. The van der Waals surface area contributed by atoms with E-state index >= 15 is 0 Å². The Bertz CT molecular complexity index is 619. The van der Waals surface area contributed by atoms with Gasteiger partial charge < -0.3 is 5.11 Å². The molecule has 20 heavy (non-hydrogen) atoms. The molecule has 7 heteroatoms. The molecular formula is C13H10N2O5. The second kappa shape index (κ2) is 4.24. The van der Waals surface area contributed by atoms with Crippen molar-refractivity contribution in [1.82, 2.24) is 10.2 Å². The fraction of sp³-hybridized carbons (Fsp3) is 0.231. The van der Waals surface area contributed by atoms with Crippen LogP contribution in [0.5, 0.6) is 0 Å². The standard InChI is InChI=1S/C13H10N2O5/c16-9-5-8(10(17)14-11(9)18)15-12(19)6-3-1-2-4-7(6)13(15)20/h1-4,8-9,16H,5H2,(H,14,17,18)/t8-,9-/m1/s1. The van der Waals surface area contributed by atoms with Crippen molar-refractivity contribution < 1.29 is 24.3 Å². The van der Waals surface area contributed by atoms with Gasteiger partial charge in [-0.2, -0.15) is 0 Å². The summed E-state index contributed by atoms with van der Waals surface area (Å²) in [5.41, 5.74) is 0.438. The summed E-state index contributed by atoms with van der Waals surface area (Å²) in [6.07, 6.45) is -1.70. The number of hydrogen-bond donors (Lipinski definition) is 2. The van der Waals surface area contributed by atoms with Crippen molar-refractivity contribution in [2.45, 2.75) is 18.6 Å². The van der Waals surface area contributed by atoms with Crippen LogP contribution in [-0.2, 0) is 9.59 Å². The van der Waals surface area contributed by atoms with Crippen LogP contribution in [0.15, 0.2) is 24.3 Å². The molecule has 1 saturated heterocycles. The van der Waals surface area contributed by atoms with E-state index in [1.54, 1.807) is 12.1 Å². The number of aliphatic hydroxyl groups excluding tert-OH is 1. The minimum atomic E-state index is -1.41. The van der Waals surface area contributed by atoms with Gasteiger partial charge in [0.2, 0.25) is 5.91 Å². The summed E-state index contributed by atoms with van der Waals surface area (Å²) in [5, 5.41) is 11.5. The first-order chi connectivity index (χ1) is 9.50. The van der Waals surface area contributed by atoms with Gasteiger partial charge in [0, 0.05) is 6.42 Å². The average molecular weight is 274 g/mol. The van der Waals surface area contributed by atoms with Gasteiger partial charge in [0.05, 0.1) is 11.1 Å². The van der Waals surface area contributed by atoms with E-state index in [0.717, 1.165) is 4.90 Å². The topological polar surface area (TPSA) is 104 Å². The molecule has 3 rings (SSSR count). The molecule has 1 aromatic carbocycles. The van der Waals surface area contributed by atoms with Crippen molar-refractivity contribution in [3.8, 4) is 0 Å². The number of fused-ring (bicyclic) bond motifs is 1. The van der Waals surface area contributed by atoms with Crippen LogP contribution >= 0.6 is 0 Å². The first-order valence-corrected chi connectivity index (χ1v) is 6.00. The molecule has 0 saturated carbocycles. The number of hydrogen-bond acceptors (Lipinski definition) is 5. The Morgan fingerprint density at radius 3 is 2.10 bits per heavy atom. The van der Waals surface area contributed by atoms with Crippen LogP contribution in [-0.4, -0.2) is 45.8 Å². The first-order valence-electron chi connectivity index (χ1n) is 6.00. The van der Waals surface area contributed by atoms with E-state index in [9.17, 15) is 24.3 Å². The van der Waals surface area contributed by atoms with Crippen LogP contribution < -0.4 is 5.32 Å². The minimum Gasteiger partial charge on any atom is -0.383 e. The monoisotopic (exact) mass is 274 g/mol. The summed E-state index contributed by atoms with van der Waals surface area (Å²) in [6, 6.07) is 5.06. The van der Waals surface area contributed by atoms with Gasteiger partial charge in [-0.25, -0.2) is 0 Å². The molecule has 0 spiro atoms. The lowest BCUT2D eigenvalue weighted by molar-refractivity contribution is -0.143. The lowest BCUT2D eigenvalue weighted by atomic mass is 10.0. The van der Waals surface area contributed by atoms with E-state index in [0.29, 0.717) is 0 Å². The second-order valence-corrected chi connectivity index (χ2v) is 4.65. The number of imide groups is 2. The predicted octanol–water partition coefficient (Wildman–Crippen LogP) is -0.941. The van der Waals surface area contributed by atoms with Crippen molar-refractivity contribution in [3.63, 3.8) is 0 Å². The Morgan fingerprint density at radius 2 is 1.55 bits per heavy atom. The Morgan fingerprint density at radius 1 is 1.00 bits per heavy atom. The van der Waals surface area contributed by atoms with Crippen molar-refractivity contribution in [2.24, 2.45) is 0 Å². The number of amides is 4. The summed E-state index contributed by atoms with van der Waals surface area (Å²) >= 11 is 0. The number of carbonyl (C=O) groups is 4. The number of aliphatic hydroxyl groups is 1. The predicted molar refractivity (Wildman–Crippen MR) is 64.5 cm³/mol. The molecule has 2 aliphatic rings. The van der Waals surface area contributed by atoms with Gasteiger partial charge in [-0.05, 0) is 12.1 Å². The van der Waals surface area contributed by atoms with Gasteiger partial charge in [0.15, 0.2) is 0 Å². The molecule has 0 aliphatic carbocycles. The van der Waals surface area contributed by atoms with Gasteiger partial charge in [-0.1, -0.05) is 12.1 Å². The fourth-order valence-electron chi connectivity index (χ4n) is 2.43. The maximum absolute atomic E-state index is 12.2. The Balaban J connectivity index is 1.97. The highest BCUT2D eigenvalue weighted by molar-refractivity contribution is 6.23. The fourth-order valence-corrected chi connectivity index (χ4v) is 2.43. The zero-order valence-corrected chi connectivity index (χ0v) is 10.2. The molecule has 0 unspecified atom stereocenters. The van der Waals surface area contributed by atoms with Crippen LogP contribution in [0.3, 0.4) is 0 Å². The Hall–Kier alpha value is -2.54. The quantitative estimate of drug-likeness (QED) is 0.643. The minimum absolute atomic E-state index is 0.219. The number of piperidine rings is 1. The first kappa shape index (κ1) is 12.5. The van der Waals surface area contributed by atoms with Crippen LogP contribution in [0, 0.1) is 0 Å². The Kier molecular flexibility index (Phi) is 2.65. The Labute approximate surface area is 113 Å². The highest BCUT2D eigenvalue weighted by Crippen LogP contribution is 2.27. The molecule has 0 bridgehead atoms. The number of rotatable bonds is 1. The summed E-state index contributed by atoms with van der Waals surface area (Å²) in [6.45, 7) is 0. The average Bonchev–Trinajstić information content (AvgIpc) is 2.68. The lowest BCUT2D eigenvalue weighted by Crippen LogP contribution is -2.58. The summed E-state index contributed by atoms with van der Waals surface area (Å²) in [5.74, 6) is -2.75. The van der Waals surface area contributed by atoms with Gasteiger partial charge in [0.1, 0.15) is 12.1 Å². The van der Waals surface area contributed by atoms with E-state index in [2.05, 4.69) is 0 Å². The van der Waals surface area contributed by atoms with Crippen molar-refractivity contribution in [1.29, 1.82) is 0 Å². The summed E-state index contributed by atoms with van der Waals surface area (Å²) in [4.78, 5) is 48.2. The van der Waals surface area contributed by atoms with E-state index in [1.807, 2.05) is 5.32 Å². The van der Waals surface area contributed by atoms with Gasteiger partial charge in [-0.15, -0.1) is 0 Å². The van der Waals surface area contributed by atoms with Crippen LogP contribution in [0.2, 0.25) is 0 Å². The third-order valence-corrected chi connectivity index (χ3v) is 3.44. The highest BCUT2D eigenvalue weighted by atomic mass is 16.3. The van der Waals surface area contributed by atoms with Crippen LogP contribution in [0.1, 0.15) is 27.1 Å². The smallest absolute Gasteiger partial charge is 0.262 e. The third kappa shape index (κ3) is 1.64. The lowest BCUT2D eigenvalue weighted by Gasteiger charge is -2.30. The highest BCUT2D eigenvalue weighted by Gasteiger charge is 2.46. The summed E-state index contributed by atoms with van der Waals surface area (Å²) < 4.78 is 0. The molecule has 2 N–H and O–H groups in total. The van der Waals surface area contributed by atoms with Crippen LogP contribution in [0.25, 0.3) is 0 Å². The molecule has 0 aromatic heterocycles. The SMILES string of the molecule is O=C1NC(=O)[C@H](N2C(=O)c3ccccc3C2=O)C[C@H]1O. The third-order valence-electron chi connectivity index (χ3n) is 3.44. The molecule has 7 nitrogen and oxygen atoms in total. The van der Waals surface area contributed by atoms with Gasteiger partial charge in [0.25, 0.3) is 17.7 Å². The molecule has 2 aliphatic heterocycles. The molecule has 1 fully saturated rings. The molecule has 2 atom stereocenters. The maximum atomic E-state index is 12.2. The van der Waals surface area contributed by atoms with Crippen LogP contribution in [0.4, 0.5) is 0 Å². The van der Waals surface area contributed by atoms with Gasteiger partial charge >= 0.3 is 0 Å². The maximum Gasteiger partial charge on any atom is 0.262 e. The molecule has 0 radical (unpaired) electrons. The molecule has 2 heterocycles. The molecule has 102 valence electrons. The molecule has 1 aromatic rings. The number of nitrogens with one attached hydrogen (secondary N) is 1. The van der Waals surface area contributed by atoms with E-state index < -0.39 is 35.8 Å². The number of benzene rings is 1. The van der Waals surface area contributed by atoms with E-state index in [-0.39, 0.29) is 17.5 Å². The van der Waals surface area contributed by atoms with Crippen molar-refractivity contribution in [2.75, 3.05) is 0 Å². The zero-order chi connectivity index (χ0) is 14.4. The van der Waals surface area contributed by atoms with Crippen molar-refractivity contribution in [3.05, 3.63) is 35.4 Å².